The van der Waals surface area contributed by atoms with Gasteiger partial charge in [-0.3, -0.25) is 19.2 Å². The predicted molar refractivity (Wildman–Crippen MR) is 240 cm³/mol. The van der Waals surface area contributed by atoms with Gasteiger partial charge in [0.05, 0.1) is 30.9 Å². The number of amides is 1. The number of nitrogens with zero attached hydrogens (tertiary/aromatic N) is 1. The van der Waals surface area contributed by atoms with Crippen LogP contribution in [0.2, 0.25) is 0 Å². The van der Waals surface area contributed by atoms with Crippen molar-refractivity contribution >= 4 is 23.9 Å². The van der Waals surface area contributed by atoms with Crippen LogP contribution in [-0.2, 0) is 55.2 Å². The molecule has 346 valence electrons. The van der Waals surface area contributed by atoms with Gasteiger partial charge in [-0.15, -0.1) is 0 Å². The number of aliphatic hydroxyl groups excluding tert-OH is 1. The third-order valence-corrected chi connectivity index (χ3v) is 15.7. The normalized spacial score (nSPS) is 35.2. The number of esters is 2. The maximum absolute atomic E-state index is 15.3. The maximum Gasteiger partial charge on any atom is 0.327 e. The molecule has 0 spiro atoms. The van der Waals surface area contributed by atoms with Crippen molar-refractivity contribution in [1.29, 1.82) is 0 Å². The van der Waals surface area contributed by atoms with Crippen LogP contribution in [0, 0.1) is 22.7 Å². The Balaban J connectivity index is 1.01. The van der Waals surface area contributed by atoms with Crippen molar-refractivity contribution in [2.24, 2.45) is 22.7 Å². The highest BCUT2D eigenvalue weighted by Crippen LogP contribution is 2.61. The molecule has 12 nitrogen and oxygen atoms in total. The molecule has 11 atom stereocenters. The summed E-state index contributed by atoms with van der Waals surface area (Å²) in [6.07, 6.45) is 4.67. The predicted octanol–water partition coefficient (Wildman–Crippen LogP) is 7.55. The minimum absolute atomic E-state index is 0.0203. The van der Waals surface area contributed by atoms with E-state index in [9.17, 15) is 14.7 Å². The lowest BCUT2D eigenvalue weighted by Crippen LogP contribution is -2.70. The molecule has 4 aliphatic heterocycles. The van der Waals surface area contributed by atoms with Gasteiger partial charge in [0.25, 0.3) is 0 Å². The standard InChI is InChI=1S/C53H64N2O10/c1-49(2,3)62-42(57)24-22-37(31-56)54-48(59)52-29-40-43-44(64-53(63-43,35-17-9-7-10-18-35)36-19-11-8-12-20-36)46(52)65-55(45(52)47(58)60-40)30-34-16-14-13-15-32(34)27-33-21-23-41-51(6,61-41)26-25-39-38(33)28-50(39,4)5/h7-20,27,37-41,43-46,56H,21-26,28-31H2,1-6H3,(H,54,59)/t37-,38+,39+,40+,41?,43-,44-,45-,46+,51+,52-/m0/s1. The molecule has 7 aliphatic rings. The topological polar surface area (TPSA) is 145 Å². The molecule has 12 heteroatoms. The first kappa shape index (κ1) is 44.4. The molecule has 0 aromatic heterocycles. The molecule has 7 fully saturated rings. The Kier molecular flexibility index (Phi) is 11.2. The Hall–Kier alpha value is -4.43. The number of hydrogen-bond donors (Lipinski definition) is 2. The number of aliphatic hydroxyl groups is 1. The molecule has 1 amide bonds. The zero-order valence-corrected chi connectivity index (χ0v) is 38.5. The van der Waals surface area contributed by atoms with E-state index in [4.69, 9.17) is 28.5 Å². The monoisotopic (exact) mass is 888 g/mol. The zero-order valence-electron chi connectivity index (χ0n) is 38.5. The number of rotatable bonds is 11. The van der Waals surface area contributed by atoms with Crippen molar-refractivity contribution in [3.8, 4) is 0 Å². The second kappa shape index (κ2) is 16.4. The van der Waals surface area contributed by atoms with Gasteiger partial charge in [0.15, 0.2) is 6.04 Å². The first-order chi connectivity index (χ1) is 31.0. The van der Waals surface area contributed by atoms with Gasteiger partial charge < -0.3 is 34.1 Å². The van der Waals surface area contributed by atoms with Gasteiger partial charge in [-0.2, -0.15) is 5.06 Å². The fourth-order valence-corrected chi connectivity index (χ4v) is 12.3. The average molecular weight is 889 g/mol. The minimum Gasteiger partial charge on any atom is -0.460 e. The molecule has 2 bridgehead atoms. The van der Waals surface area contributed by atoms with Crippen molar-refractivity contribution < 1.29 is 48.0 Å². The quantitative estimate of drug-likeness (QED) is 0.146. The molecule has 3 aromatic carbocycles. The number of carbonyl (C=O) groups excluding carboxylic acids is 3. The molecule has 3 aromatic rings. The zero-order chi connectivity index (χ0) is 45.5. The number of epoxide rings is 1. The fourth-order valence-electron chi connectivity index (χ4n) is 12.3. The summed E-state index contributed by atoms with van der Waals surface area (Å²) >= 11 is 0. The molecule has 0 radical (unpaired) electrons. The number of hydrogen-bond acceptors (Lipinski definition) is 11. The Bertz CT molecular complexity index is 2290. The summed E-state index contributed by atoms with van der Waals surface area (Å²) in [5, 5.41) is 15.3. The molecular weight excluding hydrogens is 825 g/mol. The van der Waals surface area contributed by atoms with Crippen molar-refractivity contribution in [3.05, 3.63) is 113 Å². The Morgan fingerprint density at radius 1 is 0.908 bits per heavy atom. The smallest absolute Gasteiger partial charge is 0.327 e. The third kappa shape index (κ3) is 7.85. The molecule has 10 rings (SSSR count). The van der Waals surface area contributed by atoms with E-state index in [1.165, 1.54) is 5.57 Å². The van der Waals surface area contributed by atoms with E-state index in [1.807, 2.05) is 72.8 Å². The van der Waals surface area contributed by atoms with Crippen LogP contribution in [0.3, 0.4) is 0 Å². The molecule has 3 aliphatic carbocycles. The fraction of sp³-hybridized carbons (Fsp3) is 0.566. The van der Waals surface area contributed by atoms with Gasteiger partial charge in [-0.25, -0.2) is 0 Å². The van der Waals surface area contributed by atoms with E-state index < -0.39 is 77.8 Å². The van der Waals surface area contributed by atoms with E-state index in [2.05, 4.69) is 44.3 Å². The van der Waals surface area contributed by atoms with E-state index in [1.54, 1.807) is 25.8 Å². The van der Waals surface area contributed by atoms with E-state index in [0.29, 0.717) is 11.8 Å². The van der Waals surface area contributed by atoms with E-state index in [-0.39, 0.29) is 42.9 Å². The summed E-state index contributed by atoms with van der Waals surface area (Å²) in [6.45, 7) is 12.2. The largest absolute Gasteiger partial charge is 0.460 e. The highest BCUT2D eigenvalue weighted by molar-refractivity contribution is 5.94. The average Bonchev–Trinajstić information content (AvgIpc) is 3.54. The SMILES string of the molecule is CC(C)(C)OC(=O)CC[C@@H](CO)NC(=O)[C@@]12C[C@H]3OC(=O)[C@@H]1N(Cc1ccccc1C=C1CCC4O[C@]4(C)CC[C@@H]4[C@@H]1CC4(C)C)O[C@@H]2[C@H]1OC(c2ccccc2)(c2ccccc2)O[C@H]13. The van der Waals surface area contributed by atoms with Crippen LogP contribution in [0.1, 0.15) is 115 Å². The van der Waals surface area contributed by atoms with Gasteiger partial charge in [0.1, 0.15) is 35.4 Å². The van der Waals surface area contributed by atoms with Crippen LogP contribution in [0.25, 0.3) is 6.08 Å². The van der Waals surface area contributed by atoms with Gasteiger partial charge in [0, 0.05) is 24.0 Å². The van der Waals surface area contributed by atoms with Crippen LogP contribution in [0.15, 0.2) is 90.5 Å². The summed E-state index contributed by atoms with van der Waals surface area (Å²) in [7, 11) is 0. The first-order valence-corrected chi connectivity index (χ1v) is 23.7. The van der Waals surface area contributed by atoms with Crippen LogP contribution >= 0.6 is 0 Å². The Labute approximate surface area is 382 Å². The molecule has 4 heterocycles. The van der Waals surface area contributed by atoms with Crippen molar-refractivity contribution in [2.45, 2.75) is 159 Å². The molecule has 4 saturated heterocycles. The van der Waals surface area contributed by atoms with Crippen LogP contribution in [-0.4, -0.2) is 88.4 Å². The number of hydroxylamine groups is 2. The second-order valence-corrected chi connectivity index (χ2v) is 21.5. The number of carbonyl (C=O) groups is 3. The lowest BCUT2D eigenvalue weighted by Gasteiger charge is -2.53. The highest BCUT2D eigenvalue weighted by atomic mass is 16.8. The van der Waals surface area contributed by atoms with Crippen LogP contribution in [0.5, 0.6) is 0 Å². The van der Waals surface area contributed by atoms with Crippen molar-refractivity contribution in [3.63, 3.8) is 0 Å². The summed E-state index contributed by atoms with van der Waals surface area (Å²) in [4.78, 5) is 49.8. The molecule has 2 N–H and O–H groups in total. The van der Waals surface area contributed by atoms with Gasteiger partial charge in [0.2, 0.25) is 11.7 Å². The first-order valence-electron chi connectivity index (χ1n) is 23.7. The number of fused-ring (bicyclic) bond motifs is 6. The summed E-state index contributed by atoms with van der Waals surface area (Å²) in [6, 6.07) is 25.6. The van der Waals surface area contributed by atoms with Gasteiger partial charge in [-0.05, 0) is 94.6 Å². The lowest BCUT2D eigenvalue weighted by molar-refractivity contribution is -0.213. The van der Waals surface area contributed by atoms with Crippen molar-refractivity contribution in [1.82, 2.24) is 10.4 Å². The van der Waals surface area contributed by atoms with Crippen LogP contribution < -0.4 is 5.32 Å². The molecule has 65 heavy (non-hydrogen) atoms. The molecule has 1 unspecified atom stereocenters. The van der Waals surface area contributed by atoms with Gasteiger partial charge in [-0.1, -0.05) is 110 Å². The number of benzene rings is 3. The van der Waals surface area contributed by atoms with E-state index >= 15 is 4.79 Å². The summed E-state index contributed by atoms with van der Waals surface area (Å²) in [5.74, 6) is -1.85. The van der Waals surface area contributed by atoms with Crippen LogP contribution in [0.4, 0.5) is 0 Å². The molecular formula is C53H64N2O10. The number of ether oxygens (including phenoxy) is 5. The lowest BCUT2D eigenvalue weighted by atomic mass is 9.52. The van der Waals surface area contributed by atoms with E-state index in [0.717, 1.165) is 54.4 Å². The number of allylic oxidation sites excluding steroid dienone is 1. The minimum atomic E-state index is -1.51. The molecule has 3 saturated carbocycles. The highest BCUT2D eigenvalue weighted by Gasteiger charge is 2.76. The Morgan fingerprint density at radius 2 is 1.58 bits per heavy atom. The summed E-state index contributed by atoms with van der Waals surface area (Å²) in [5.41, 5.74) is 2.95. The third-order valence-electron chi connectivity index (χ3n) is 15.7. The van der Waals surface area contributed by atoms with Crippen molar-refractivity contribution in [2.75, 3.05) is 6.61 Å². The van der Waals surface area contributed by atoms with Gasteiger partial charge >= 0.3 is 11.9 Å². The number of nitrogens with one attached hydrogen (secondary N) is 1. The second-order valence-electron chi connectivity index (χ2n) is 21.5. The Morgan fingerprint density at radius 3 is 2.26 bits per heavy atom. The maximum atomic E-state index is 15.3. The summed E-state index contributed by atoms with van der Waals surface area (Å²) < 4.78 is 32.4.